The molecule has 282 valence electrons. The first-order valence-corrected chi connectivity index (χ1v) is 22.2. The number of hydrogen-bond acceptors (Lipinski definition) is 2. The maximum absolute atomic E-state index is 15.9. The lowest BCUT2D eigenvalue weighted by atomic mass is 9.67. The second kappa shape index (κ2) is 13.4. The Hall–Kier alpha value is -7.32. The Morgan fingerprint density at radius 1 is 0.400 bits per heavy atom. The molecule has 0 aliphatic heterocycles. The van der Waals surface area contributed by atoms with Crippen LogP contribution in [0.25, 0.3) is 60.6 Å². The Kier molecular flexibility index (Phi) is 7.73. The summed E-state index contributed by atoms with van der Waals surface area (Å²) in [5, 5.41) is 6.02. The van der Waals surface area contributed by atoms with E-state index in [9.17, 15) is 0 Å². The number of benzene rings is 9. The molecular weight excluding hydrogens is 748 g/mol. The number of fused-ring (bicyclic) bond motifs is 11. The van der Waals surface area contributed by atoms with Crippen molar-refractivity contribution < 1.29 is 4.57 Å². The second-order valence-corrected chi connectivity index (χ2v) is 18.6. The summed E-state index contributed by atoms with van der Waals surface area (Å²) in [5.41, 5.74) is 12.7. The molecule has 1 aliphatic rings. The van der Waals surface area contributed by atoms with Crippen LogP contribution < -0.4 is 15.9 Å². The summed E-state index contributed by atoms with van der Waals surface area (Å²) in [4.78, 5) is 5.23. The summed E-state index contributed by atoms with van der Waals surface area (Å²) < 4.78 is 18.3. The minimum Gasteiger partial charge on any atom is -0.309 e. The molecule has 0 saturated heterocycles. The molecule has 0 amide bonds. The zero-order valence-electron chi connectivity index (χ0n) is 32.6. The first-order valence-electron chi connectivity index (χ1n) is 20.5. The Morgan fingerprint density at radius 3 is 1.55 bits per heavy atom. The normalized spacial score (nSPS) is 13.2. The summed E-state index contributed by atoms with van der Waals surface area (Å²) in [5.74, 6) is 0. The maximum atomic E-state index is 15.9. The molecule has 12 rings (SSSR count). The lowest BCUT2D eigenvalue weighted by Crippen LogP contribution is -2.31. The van der Waals surface area contributed by atoms with E-state index in [0.29, 0.717) is 0 Å². The van der Waals surface area contributed by atoms with Crippen LogP contribution in [0.5, 0.6) is 0 Å². The van der Waals surface area contributed by atoms with Crippen molar-refractivity contribution in [3.8, 4) is 22.3 Å². The molecule has 0 N–H and O–H groups in total. The topological polar surface area (TPSA) is 34.4 Å². The van der Waals surface area contributed by atoms with E-state index >= 15 is 4.57 Å². The SMILES string of the molecule is O=P(c1ccccc1)(c1ccccc1)c1ccc2c(c1)C(c1ccccc1)(c1ccccc1)c1cc(-c3ccc4nc5c6ccccc6c6ccccc6n5c4c3)ccc1-2. The van der Waals surface area contributed by atoms with Crippen molar-refractivity contribution in [2.75, 3.05) is 0 Å². The van der Waals surface area contributed by atoms with Gasteiger partial charge in [-0.3, -0.25) is 4.40 Å². The smallest absolute Gasteiger partial charge is 0.171 e. The molecule has 2 heterocycles. The molecule has 11 aromatic rings. The monoisotopic (exact) mass is 784 g/mol. The van der Waals surface area contributed by atoms with Crippen molar-refractivity contribution in [1.29, 1.82) is 0 Å². The summed E-state index contributed by atoms with van der Waals surface area (Å²) in [6, 6.07) is 79.1. The van der Waals surface area contributed by atoms with Gasteiger partial charge in [-0.05, 0) is 80.2 Å². The van der Waals surface area contributed by atoms with Crippen LogP contribution in [0.2, 0.25) is 0 Å². The van der Waals surface area contributed by atoms with Crippen molar-refractivity contribution in [1.82, 2.24) is 9.38 Å². The Morgan fingerprint density at radius 2 is 0.900 bits per heavy atom. The third-order valence-electron chi connectivity index (χ3n) is 12.7. The predicted octanol–water partition coefficient (Wildman–Crippen LogP) is 12.5. The standard InChI is InChI=1S/C56H37N2OP/c59-60(42-21-9-3-10-22-42,43-23-11-4-12-24-43)44-31-33-47-46-32-29-38(35-50(46)56(51(47)37-44,40-17-5-1-6-18-40)41-19-7-2-8-20-41)39-30-34-52-54(36-39)58-53-28-16-15-26-48(53)45-25-13-14-27-49(45)55(58)57-52/h1-37H. The van der Waals surface area contributed by atoms with Gasteiger partial charge in [0.2, 0.25) is 0 Å². The van der Waals surface area contributed by atoms with Gasteiger partial charge in [0.1, 0.15) is 5.65 Å². The van der Waals surface area contributed by atoms with Crippen LogP contribution in [0.15, 0.2) is 224 Å². The Bertz CT molecular complexity index is 3420. The fraction of sp³-hybridized carbons (Fsp3) is 0.0179. The van der Waals surface area contributed by atoms with E-state index in [0.717, 1.165) is 76.9 Å². The molecule has 0 atom stereocenters. The van der Waals surface area contributed by atoms with Crippen molar-refractivity contribution in [3.05, 3.63) is 247 Å². The minimum absolute atomic E-state index is 0.695. The van der Waals surface area contributed by atoms with E-state index in [1.807, 2.05) is 60.7 Å². The number of para-hydroxylation sites is 1. The Balaban J connectivity index is 1.12. The van der Waals surface area contributed by atoms with E-state index < -0.39 is 12.6 Å². The summed E-state index contributed by atoms with van der Waals surface area (Å²) in [6.07, 6.45) is 0. The molecule has 4 heteroatoms. The van der Waals surface area contributed by atoms with E-state index in [2.05, 4.69) is 168 Å². The quantitative estimate of drug-likeness (QED) is 0.124. The molecule has 0 bridgehead atoms. The van der Waals surface area contributed by atoms with Gasteiger partial charge in [-0.15, -0.1) is 0 Å². The lowest BCUT2D eigenvalue weighted by molar-refractivity contribution is 0.592. The summed E-state index contributed by atoms with van der Waals surface area (Å²) in [7, 11) is -3.28. The molecule has 9 aromatic carbocycles. The van der Waals surface area contributed by atoms with Crippen molar-refractivity contribution in [2.45, 2.75) is 5.41 Å². The van der Waals surface area contributed by atoms with Gasteiger partial charge in [-0.2, -0.15) is 0 Å². The van der Waals surface area contributed by atoms with Crippen LogP contribution in [0.4, 0.5) is 0 Å². The predicted molar refractivity (Wildman–Crippen MR) is 250 cm³/mol. The largest absolute Gasteiger partial charge is 0.309 e. The molecule has 0 spiro atoms. The van der Waals surface area contributed by atoms with Gasteiger partial charge >= 0.3 is 0 Å². The van der Waals surface area contributed by atoms with Gasteiger partial charge in [-0.25, -0.2) is 4.98 Å². The molecule has 0 unspecified atom stereocenters. The van der Waals surface area contributed by atoms with E-state index in [1.165, 1.54) is 21.9 Å². The van der Waals surface area contributed by atoms with Gasteiger partial charge < -0.3 is 4.57 Å². The van der Waals surface area contributed by atoms with Gasteiger partial charge in [-0.1, -0.05) is 194 Å². The molecule has 0 saturated carbocycles. The molecule has 2 aromatic heterocycles. The van der Waals surface area contributed by atoms with Crippen LogP contribution >= 0.6 is 7.14 Å². The summed E-state index contributed by atoms with van der Waals surface area (Å²) >= 11 is 0. The fourth-order valence-electron chi connectivity index (χ4n) is 10.1. The highest BCUT2D eigenvalue weighted by Crippen LogP contribution is 2.57. The summed E-state index contributed by atoms with van der Waals surface area (Å²) in [6.45, 7) is 0. The van der Waals surface area contributed by atoms with Crippen LogP contribution in [-0.4, -0.2) is 9.38 Å². The van der Waals surface area contributed by atoms with Crippen LogP contribution in [0.1, 0.15) is 22.3 Å². The van der Waals surface area contributed by atoms with Crippen molar-refractivity contribution in [3.63, 3.8) is 0 Å². The molecule has 1 aliphatic carbocycles. The fourth-order valence-corrected chi connectivity index (χ4v) is 12.7. The molecule has 60 heavy (non-hydrogen) atoms. The van der Waals surface area contributed by atoms with Crippen LogP contribution in [0.3, 0.4) is 0 Å². The third-order valence-corrected chi connectivity index (χ3v) is 15.8. The molecular formula is C56H37N2OP. The first kappa shape index (κ1) is 34.7. The van der Waals surface area contributed by atoms with Crippen molar-refractivity contribution >= 4 is 61.4 Å². The van der Waals surface area contributed by atoms with Gasteiger partial charge in [0.15, 0.2) is 7.14 Å². The van der Waals surface area contributed by atoms with Crippen molar-refractivity contribution in [2.24, 2.45) is 0 Å². The van der Waals surface area contributed by atoms with Gasteiger partial charge in [0.05, 0.1) is 22.0 Å². The third kappa shape index (κ3) is 4.91. The average Bonchev–Trinajstić information content (AvgIpc) is 3.86. The van der Waals surface area contributed by atoms with E-state index in [-0.39, 0.29) is 0 Å². The number of pyridine rings is 1. The zero-order chi connectivity index (χ0) is 39.8. The lowest BCUT2D eigenvalue weighted by Gasteiger charge is -2.34. The second-order valence-electron chi connectivity index (χ2n) is 15.8. The number of hydrogen-bond donors (Lipinski definition) is 0. The highest BCUT2D eigenvalue weighted by molar-refractivity contribution is 7.85. The van der Waals surface area contributed by atoms with Crippen LogP contribution in [-0.2, 0) is 9.98 Å². The van der Waals surface area contributed by atoms with E-state index in [1.54, 1.807) is 0 Å². The minimum atomic E-state index is -3.28. The van der Waals surface area contributed by atoms with Gasteiger partial charge in [0, 0.05) is 26.7 Å². The number of rotatable bonds is 6. The van der Waals surface area contributed by atoms with E-state index in [4.69, 9.17) is 4.98 Å². The number of imidazole rings is 1. The molecule has 0 fully saturated rings. The molecule has 0 radical (unpaired) electrons. The average molecular weight is 785 g/mol. The first-order chi connectivity index (χ1) is 29.6. The molecule has 3 nitrogen and oxygen atoms in total. The Labute approximate surface area is 348 Å². The maximum Gasteiger partial charge on any atom is 0.171 e. The highest BCUT2D eigenvalue weighted by Gasteiger charge is 2.47. The van der Waals surface area contributed by atoms with Crippen LogP contribution in [0, 0.1) is 0 Å². The number of nitrogens with zero attached hydrogens (tertiary/aromatic N) is 2. The zero-order valence-corrected chi connectivity index (χ0v) is 33.5. The van der Waals surface area contributed by atoms with Gasteiger partial charge in [0.25, 0.3) is 0 Å². The number of aromatic nitrogens is 2. The highest BCUT2D eigenvalue weighted by atomic mass is 31.2.